The number of hydrogen-bond acceptors (Lipinski definition) is 2. The highest BCUT2D eigenvalue weighted by Gasteiger charge is 1.89. The van der Waals surface area contributed by atoms with Gasteiger partial charge in [0, 0.05) is 5.38 Å². The van der Waals surface area contributed by atoms with Crippen molar-refractivity contribution in [2.24, 2.45) is 0 Å². The molecule has 2 rings (SSSR count). The lowest BCUT2D eigenvalue weighted by Crippen LogP contribution is -1.62. The van der Waals surface area contributed by atoms with Gasteiger partial charge in [-0.25, -0.2) is 0 Å². The topological polar surface area (TPSA) is 20.2 Å². The van der Waals surface area contributed by atoms with Crippen LogP contribution in [0.5, 0.6) is 5.75 Å². The number of benzene rings is 1. The summed E-state index contributed by atoms with van der Waals surface area (Å²) in [5, 5.41) is 13.2. The predicted octanol–water partition coefficient (Wildman–Crippen LogP) is 4.45. The van der Waals surface area contributed by atoms with Crippen molar-refractivity contribution >= 4 is 34.5 Å². The average molecular weight is 247 g/mol. The van der Waals surface area contributed by atoms with Crippen LogP contribution in [0, 0.1) is 0 Å². The van der Waals surface area contributed by atoms with Crippen molar-refractivity contribution in [2.45, 2.75) is 0 Å². The van der Waals surface area contributed by atoms with Crippen molar-refractivity contribution in [3.63, 3.8) is 0 Å². The van der Waals surface area contributed by atoms with Gasteiger partial charge in [0.05, 0.1) is 10.0 Å². The second-order valence-corrected chi connectivity index (χ2v) is 3.99. The molecule has 0 bridgehead atoms. The molecular formula is C10H8Cl2OS. The first-order valence-corrected chi connectivity index (χ1v) is 5.51. The number of hydrogen-bond donors (Lipinski definition) is 1. The summed E-state index contributed by atoms with van der Waals surface area (Å²) in [6, 6.07) is 8.85. The van der Waals surface area contributed by atoms with Crippen LogP contribution in [-0.4, -0.2) is 5.11 Å². The van der Waals surface area contributed by atoms with E-state index in [1.165, 1.54) is 11.3 Å². The van der Waals surface area contributed by atoms with Crippen molar-refractivity contribution in [3.8, 4) is 5.75 Å². The zero-order chi connectivity index (χ0) is 10.4. The molecular weight excluding hydrogens is 239 g/mol. The molecule has 0 radical (unpaired) electrons. The molecule has 0 aliphatic carbocycles. The molecule has 1 aromatic heterocycles. The SMILES string of the molecule is Clc1ccccc1Cl.Oc1ccsc1. The fraction of sp³-hybridized carbons (Fsp3) is 0. The van der Waals surface area contributed by atoms with E-state index in [4.69, 9.17) is 28.3 Å². The van der Waals surface area contributed by atoms with Gasteiger partial charge in [-0.05, 0) is 23.6 Å². The summed E-state index contributed by atoms with van der Waals surface area (Å²) in [4.78, 5) is 0. The maximum Gasteiger partial charge on any atom is 0.126 e. The van der Waals surface area contributed by atoms with Crippen molar-refractivity contribution < 1.29 is 5.11 Å². The fourth-order valence-electron chi connectivity index (χ4n) is 0.697. The molecule has 1 nitrogen and oxygen atoms in total. The lowest BCUT2D eigenvalue weighted by molar-refractivity contribution is 0.478. The van der Waals surface area contributed by atoms with Crippen molar-refractivity contribution in [1.82, 2.24) is 0 Å². The molecule has 1 aromatic carbocycles. The van der Waals surface area contributed by atoms with Crippen molar-refractivity contribution in [1.29, 1.82) is 0 Å². The zero-order valence-electron chi connectivity index (χ0n) is 7.15. The zero-order valence-corrected chi connectivity index (χ0v) is 9.48. The molecule has 4 heteroatoms. The highest BCUT2D eigenvalue weighted by atomic mass is 35.5. The van der Waals surface area contributed by atoms with Gasteiger partial charge in [-0.3, -0.25) is 0 Å². The number of halogens is 2. The van der Waals surface area contributed by atoms with Gasteiger partial charge in [-0.1, -0.05) is 35.3 Å². The van der Waals surface area contributed by atoms with Gasteiger partial charge >= 0.3 is 0 Å². The Bertz CT molecular complexity index is 352. The largest absolute Gasteiger partial charge is 0.507 e. The third-order valence-corrected chi connectivity index (χ3v) is 2.76. The molecule has 0 fully saturated rings. The molecule has 0 amide bonds. The van der Waals surface area contributed by atoms with Gasteiger partial charge in [0.1, 0.15) is 5.75 Å². The second kappa shape index (κ2) is 5.91. The molecule has 0 atom stereocenters. The molecule has 0 aliphatic heterocycles. The smallest absolute Gasteiger partial charge is 0.126 e. The Morgan fingerprint density at radius 2 is 1.57 bits per heavy atom. The molecule has 0 aliphatic rings. The monoisotopic (exact) mass is 246 g/mol. The lowest BCUT2D eigenvalue weighted by atomic mass is 10.4. The summed E-state index contributed by atoms with van der Waals surface area (Å²) in [6.07, 6.45) is 0. The normalized spacial score (nSPS) is 9.00. The summed E-state index contributed by atoms with van der Waals surface area (Å²) in [5.41, 5.74) is 0. The quantitative estimate of drug-likeness (QED) is 0.729. The van der Waals surface area contributed by atoms with Gasteiger partial charge in [-0.2, -0.15) is 0 Å². The summed E-state index contributed by atoms with van der Waals surface area (Å²) >= 11 is 12.6. The molecule has 2 aromatic rings. The molecule has 0 spiro atoms. The molecule has 0 unspecified atom stereocenters. The van der Waals surface area contributed by atoms with Crippen LogP contribution < -0.4 is 0 Å². The molecule has 1 heterocycles. The van der Waals surface area contributed by atoms with E-state index in [0.717, 1.165) is 0 Å². The summed E-state index contributed by atoms with van der Waals surface area (Å²) in [5.74, 6) is 0.361. The minimum absolute atomic E-state index is 0.361. The molecule has 14 heavy (non-hydrogen) atoms. The maximum absolute atomic E-state index is 8.48. The van der Waals surface area contributed by atoms with Crippen LogP contribution in [0.4, 0.5) is 0 Å². The Labute approximate surface area is 96.5 Å². The highest BCUT2D eigenvalue weighted by Crippen LogP contribution is 2.19. The van der Waals surface area contributed by atoms with E-state index < -0.39 is 0 Å². The maximum atomic E-state index is 8.48. The van der Waals surface area contributed by atoms with Crippen LogP contribution in [0.2, 0.25) is 10.0 Å². The fourth-order valence-corrected chi connectivity index (χ4v) is 1.48. The summed E-state index contributed by atoms with van der Waals surface area (Å²) in [7, 11) is 0. The number of rotatable bonds is 0. The van der Waals surface area contributed by atoms with Crippen molar-refractivity contribution in [3.05, 3.63) is 51.1 Å². The van der Waals surface area contributed by atoms with Crippen LogP contribution in [0.1, 0.15) is 0 Å². The highest BCUT2D eigenvalue weighted by molar-refractivity contribution is 7.08. The molecule has 1 N–H and O–H groups in total. The third-order valence-electron chi connectivity index (χ3n) is 1.33. The van der Waals surface area contributed by atoms with Gasteiger partial charge in [-0.15, -0.1) is 11.3 Å². The summed E-state index contributed by atoms with van der Waals surface area (Å²) in [6.45, 7) is 0. The van der Waals surface area contributed by atoms with Crippen LogP contribution >= 0.6 is 34.5 Å². The Balaban J connectivity index is 0.000000146. The summed E-state index contributed by atoms with van der Waals surface area (Å²) < 4.78 is 0. The van der Waals surface area contributed by atoms with Crippen molar-refractivity contribution in [2.75, 3.05) is 0 Å². The Morgan fingerprint density at radius 1 is 1.00 bits per heavy atom. The van der Waals surface area contributed by atoms with Gasteiger partial charge in [0.25, 0.3) is 0 Å². The second-order valence-electron chi connectivity index (χ2n) is 2.40. The molecule has 74 valence electrons. The van der Waals surface area contributed by atoms with Crippen LogP contribution in [0.3, 0.4) is 0 Å². The van der Waals surface area contributed by atoms with Gasteiger partial charge < -0.3 is 5.11 Å². The number of aromatic hydroxyl groups is 1. The van der Waals surface area contributed by atoms with Crippen LogP contribution in [-0.2, 0) is 0 Å². The Morgan fingerprint density at radius 3 is 1.79 bits per heavy atom. The Kier molecular flexibility index (Phi) is 4.80. The van der Waals surface area contributed by atoms with E-state index in [0.29, 0.717) is 15.8 Å². The van der Waals surface area contributed by atoms with E-state index >= 15 is 0 Å². The van der Waals surface area contributed by atoms with E-state index in [-0.39, 0.29) is 0 Å². The van der Waals surface area contributed by atoms with Crippen LogP contribution in [0.25, 0.3) is 0 Å². The first kappa shape index (κ1) is 11.4. The van der Waals surface area contributed by atoms with Gasteiger partial charge in [0.2, 0.25) is 0 Å². The van der Waals surface area contributed by atoms with E-state index in [2.05, 4.69) is 0 Å². The average Bonchev–Trinajstić information content (AvgIpc) is 2.63. The molecule has 0 saturated heterocycles. The lowest BCUT2D eigenvalue weighted by Gasteiger charge is -1.88. The minimum Gasteiger partial charge on any atom is -0.507 e. The van der Waals surface area contributed by atoms with Gasteiger partial charge in [0.15, 0.2) is 0 Å². The Hall–Kier alpha value is -0.700. The van der Waals surface area contributed by atoms with E-state index in [9.17, 15) is 0 Å². The number of thiophene rings is 1. The predicted molar refractivity (Wildman–Crippen MR) is 62.4 cm³/mol. The first-order chi connectivity index (χ1) is 6.70. The van der Waals surface area contributed by atoms with E-state index in [1.807, 2.05) is 17.5 Å². The van der Waals surface area contributed by atoms with E-state index in [1.54, 1.807) is 23.6 Å². The first-order valence-electron chi connectivity index (χ1n) is 3.81. The van der Waals surface area contributed by atoms with Crippen LogP contribution in [0.15, 0.2) is 41.1 Å². The standard InChI is InChI=1S/C6H4Cl2.C4H4OS/c7-5-3-1-2-4-6(5)8;5-4-1-2-6-3-4/h1-4H;1-3,5H. The minimum atomic E-state index is 0.361. The molecule has 0 saturated carbocycles. The third kappa shape index (κ3) is 4.01.